The summed E-state index contributed by atoms with van der Waals surface area (Å²) >= 11 is 0. The summed E-state index contributed by atoms with van der Waals surface area (Å²) in [5.41, 5.74) is 1.01. The van der Waals surface area contributed by atoms with E-state index in [2.05, 4.69) is 5.32 Å². The molecule has 2 aliphatic rings. The highest BCUT2D eigenvalue weighted by Gasteiger charge is 2.36. The van der Waals surface area contributed by atoms with E-state index in [1.807, 2.05) is 35.2 Å². The van der Waals surface area contributed by atoms with E-state index in [1.165, 1.54) is 0 Å². The van der Waals surface area contributed by atoms with Crippen molar-refractivity contribution in [3.63, 3.8) is 0 Å². The average Bonchev–Trinajstić information content (AvgIpc) is 2.49. The molecular weight excluding hydrogens is 270 g/mol. The zero-order chi connectivity index (χ0) is 14.8. The number of piperidine rings is 1. The van der Waals surface area contributed by atoms with Crippen LogP contribution in [0.3, 0.4) is 0 Å². The minimum Gasteiger partial charge on any atom is -0.360 e. The molecule has 2 aliphatic heterocycles. The van der Waals surface area contributed by atoms with Gasteiger partial charge in [-0.2, -0.15) is 0 Å². The van der Waals surface area contributed by atoms with Crippen LogP contribution in [0.2, 0.25) is 0 Å². The predicted octanol–water partition coefficient (Wildman–Crippen LogP) is 0.140. The summed E-state index contributed by atoms with van der Waals surface area (Å²) in [6.07, 6.45) is 0.713. The maximum Gasteiger partial charge on any atom is 0.249 e. The predicted molar refractivity (Wildman–Crippen MR) is 76.5 cm³/mol. The van der Waals surface area contributed by atoms with Crippen LogP contribution in [0.4, 0.5) is 5.69 Å². The Hall–Kier alpha value is -2.37. The normalized spacial score (nSPS) is 23.2. The molecule has 2 heterocycles. The molecule has 0 aliphatic carbocycles. The van der Waals surface area contributed by atoms with Gasteiger partial charge in [-0.1, -0.05) is 18.2 Å². The van der Waals surface area contributed by atoms with Gasteiger partial charge in [-0.05, 0) is 18.6 Å². The molecule has 1 aromatic rings. The number of piperazine rings is 1. The van der Waals surface area contributed by atoms with Crippen LogP contribution in [0.1, 0.15) is 12.8 Å². The summed E-state index contributed by atoms with van der Waals surface area (Å²) in [7, 11) is 0. The second kappa shape index (κ2) is 5.55. The van der Waals surface area contributed by atoms with Gasteiger partial charge in [0.25, 0.3) is 0 Å². The van der Waals surface area contributed by atoms with Crippen molar-refractivity contribution in [2.75, 3.05) is 24.5 Å². The summed E-state index contributed by atoms with van der Waals surface area (Å²) in [5.74, 6) is -0.681. The largest absolute Gasteiger partial charge is 0.360 e. The van der Waals surface area contributed by atoms with Crippen molar-refractivity contribution in [2.24, 2.45) is 0 Å². The molecule has 21 heavy (non-hydrogen) atoms. The van der Waals surface area contributed by atoms with Crippen molar-refractivity contribution < 1.29 is 14.4 Å². The lowest BCUT2D eigenvalue weighted by Gasteiger charge is -2.40. The summed E-state index contributed by atoms with van der Waals surface area (Å²) < 4.78 is 0. The van der Waals surface area contributed by atoms with Crippen molar-refractivity contribution in [1.82, 2.24) is 10.2 Å². The smallest absolute Gasteiger partial charge is 0.249 e. The maximum absolute atomic E-state index is 12.3. The number of imide groups is 1. The first-order chi connectivity index (χ1) is 10.1. The molecule has 1 unspecified atom stereocenters. The second-order valence-electron chi connectivity index (χ2n) is 5.31. The first-order valence-electron chi connectivity index (χ1n) is 7.08. The number of hydrogen-bond donors (Lipinski definition) is 1. The fraction of sp³-hybridized carbons (Fsp3) is 0.400. The van der Waals surface area contributed by atoms with Crippen molar-refractivity contribution in [2.45, 2.75) is 18.9 Å². The molecule has 3 amide bonds. The monoisotopic (exact) mass is 287 g/mol. The van der Waals surface area contributed by atoms with E-state index in [-0.39, 0.29) is 24.3 Å². The SMILES string of the molecule is O=C1CCC(N2CCN(c3ccccc3)CC2=O)C(=O)N1. The first-order valence-corrected chi connectivity index (χ1v) is 7.08. The molecule has 0 radical (unpaired) electrons. The zero-order valence-electron chi connectivity index (χ0n) is 11.6. The molecule has 110 valence electrons. The highest BCUT2D eigenvalue weighted by Crippen LogP contribution is 2.20. The van der Waals surface area contributed by atoms with Crippen LogP contribution < -0.4 is 10.2 Å². The van der Waals surface area contributed by atoms with Crippen molar-refractivity contribution >= 4 is 23.4 Å². The number of anilines is 1. The molecular formula is C15H17N3O3. The number of carbonyl (C=O) groups excluding carboxylic acids is 3. The molecule has 0 bridgehead atoms. The van der Waals surface area contributed by atoms with Crippen LogP contribution in [-0.2, 0) is 14.4 Å². The Bertz CT molecular complexity index is 573. The molecule has 2 fully saturated rings. The number of nitrogens with zero attached hydrogens (tertiary/aromatic N) is 2. The molecule has 3 rings (SSSR count). The third-order valence-corrected chi connectivity index (χ3v) is 3.96. The third kappa shape index (κ3) is 2.74. The van der Waals surface area contributed by atoms with Gasteiger partial charge in [0.2, 0.25) is 17.7 Å². The van der Waals surface area contributed by atoms with Gasteiger partial charge in [0.05, 0.1) is 6.54 Å². The van der Waals surface area contributed by atoms with E-state index in [0.29, 0.717) is 25.9 Å². The quantitative estimate of drug-likeness (QED) is 0.786. The number of rotatable bonds is 2. The fourth-order valence-electron chi connectivity index (χ4n) is 2.85. The Morgan fingerprint density at radius 2 is 1.81 bits per heavy atom. The Morgan fingerprint density at radius 3 is 2.48 bits per heavy atom. The van der Waals surface area contributed by atoms with E-state index in [1.54, 1.807) is 4.90 Å². The number of hydrogen-bond acceptors (Lipinski definition) is 4. The molecule has 0 spiro atoms. The van der Waals surface area contributed by atoms with Crippen LogP contribution in [-0.4, -0.2) is 48.3 Å². The number of amides is 3. The Kier molecular flexibility index (Phi) is 3.60. The average molecular weight is 287 g/mol. The maximum atomic E-state index is 12.3. The summed E-state index contributed by atoms with van der Waals surface area (Å²) in [5, 5.41) is 2.30. The van der Waals surface area contributed by atoms with E-state index >= 15 is 0 Å². The van der Waals surface area contributed by atoms with Gasteiger partial charge in [0, 0.05) is 25.2 Å². The topological polar surface area (TPSA) is 69.7 Å². The first kappa shape index (κ1) is 13.6. The minimum atomic E-state index is -0.506. The number of nitrogens with one attached hydrogen (secondary N) is 1. The third-order valence-electron chi connectivity index (χ3n) is 3.96. The van der Waals surface area contributed by atoms with Gasteiger partial charge >= 0.3 is 0 Å². The zero-order valence-corrected chi connectivity index (χ0v) is 11.6. The van der Waals surface area contributed by atoms with Gasteiger partial charge in [0.15, 0.2) is 0 Å². The number of carbonyl (C=O) groups is 3. The lowest BCUT2D eigenvalue weighted by atomic mass is 10.0. The highest BCUT2D eigenvalue weighted by molar-refractivity contribution is 6.02. The number of benzene rings is 1. The lowest BCUT2D eigenvalue weighted by molar-refractivity contribution is -0.145. The fourth-order valence-corrected chi connectivity index (χ4v) is 2.85. The summed E-state index contributed by atoms with van der Waals surface area (Å²) in [4.78, 5) is 39.0. The lowest BCUT2D eigenvalue weighted by Crippen LogP contribution is -2.60. The van der Waals surface area contributed by atoms with Gasteiger partial charge < -0.3 is 9.80 Å². The summed E-state index contributed by atoms with van der Waals surface area (Å²) in [6.45, 7) is 1.45. The van der Waals surface area contributed by atoms with E-state index < -0.39 is 6.04 Å². The van der Waals surface area contributed by atoms with Gasteiger partial charge in [-0.3, -0.25) is 19.7 Å². The molecule has 1 N–H and O–H groups in total. The van der Waals surface area contributed by atoms with Crippen molar-refractivity contribution in [1.29, 1.82) is 0 Å². The highest BCUT2D eigenvalue weighted by atomic mass is 16.2. The Morgan fingerprint density at radius 1 is 1.05 bits per heavy atom. The molecule has 2 saturated heterocycles. The molecule has 6 nitrogen and oxygen atoms in total. The molecule has 0 saturated carbocycles. The van der Waals surface area contributed by atoms with Crippen LogP contribution in [0.5, 0.6) is 0 Å². The molecule has 1 atom stereocenters. The van der Waals surface area contributed by atoms with Crippen molar-refractivity contribution in [3.8, 4) is 0 Å². The van der Waals surface area contributed by atoms with E-state index in [9.17, 15) is 14.4 Å². The Balaban J connectivity index is 1.68. The molecule has 6 heteroatoms. The van der Waals surface area contributed by atoms with Gasteiger partial charge in [-0.25, -0.2) is 0 Å². The van der Waals surface area contributed by atoms with Crippen LogP contribution >= 0.6 is 0 Å². The molecule has 0 aromatic heterocycles. The van der Waals surface area contributed by atoms with Crippen LogP contribution in [0, 0.1) is 0 Å². The standard InChI is InChI=1S/C15H17N3O3/c19-13-7-6-12(15(21)16-13)18-9-8-17(10-14(18)20)11-4-2-1-3-5-11/h1-5,12H,6-10H2,(H,16,19,21). The van der Waals surface area contributed by atoms with Crippen LogP contribution in [0.15, 0.2) is 30.3 Å². The second-order valence-corrected chi connectivity index (χ2v) is 5.31. The summed E-state index contributed by atoms with van der Waals surface area (Å²) in [6, 6.07) is 9.24. The number of para-hydroxylation sites is 1. The minimum absolute atomic E-state index is 0.0698. The van der Waals surface area contributed by atoms with Gasteiger partial charge in [0.1, 0.15) is 6.04 Å². The van der Waals surface area contributed by atoms with E-state index in [4.69, 9.17) is 0 Å². The Labute approximate surface area is 122 Å². The molecule has 1 aromatic carbocycles. The van der Waals surface area contributed by atoms with Crippen LogP contribution in [0.25, 0.3) is 0 Å². The van der Waals surface area contributed by atoms with Crippen molar-refractivity contribution in [3.05, 3.63) is 30.3 Å². The van der Waals surface area contributed by atoms with Gasteiger partial charge in [-0.15, -0.1) is 0 Å². The van der Waals surface area contributed by atoms with E-state index in [0.717, 1.165) is 5.69 Å².